The fourth-order valence-electron chi connectivity index (χ4n) is 3.19. The normalized spacial score (nSPS) is 11.4. The Labute approximate surface area is 167 Å². The Morgan fingerprint density at radius 3 is 1.89 bits per heavy atom. The van der Waals surface area contributed by atoms with E-state index in [1.807, 2.05) is 30.3 Å². The molecule has 27 heavy (non-hydrogen) atoms. The lowest BCUT2D eigenvalue weighted by molar-refractivity contribution is -0.137. The highest BCUT2D eigenvalue weighted by Gasteiger charge is 1.98. The topological polar surface area (TPSA) is 26.3 Å². The van der Waals surface area contributed by atoms with Crippen LogP contribution in [0.2, 0.25) is 0 Å². The third-order valence-corrected chi connectivity index (χ3v) is 4.88. The van der Waals surface area contributed by atoms with Gasteiger partial charge in [-0.25, -0.2) is 4.79 Å². The Morgan fingerprint density at radius 1 is 0.815 bits per heavy atom. The lowest BCUT2D eigenvalue weighted by Crippen LogP contribution is -2.02. The van der Waals surface area contributed by atoms with Crippen molar-refractivity contribution in [3.05, 3.63) is 42.0 Å². The van der Waals surface area contributed by atoms with E-state index in [2.05, 4.69) is 13.8 Å². The van der Waals surface area contributed by atoms with Crippen LogP contribution in [0.3, 0.4) is 0 Å². The van der Waals surface area contributed by atoms with Gasteiger partial charge in [0.15, 0.2) is 0 Å². The number of benzene rings is 1. The minimum atomic E-state index is -0.243. The highest BCUT2D eigenvalue weighted by molar-refractivity contribution is 5.86. The summed E-state index contributed by atoms with van der Waals surface area (Å²) in [5.74, 6) is 0.617. The Kier molecular flexibility index (Phi) is 14.4. The number of carbonyl (C=O) groups is 1. The quantitative estimate of drug-likeness (QED) is 0.170. The van der Waals surface area contributed by atoms with Crippen molar-refractivity contribution >= 4 is 12.0 Å². The first-order valence-corrected chi connectivity index (χ1v) is 11.1. The van der Waals surface area contributed by atoms with Crippen LogP contribution in [0, 0.1) is 5.92 Å². The highest BCUT2D eigenvalue weighted by atomic mass is 16.5. The van der Waals surface area contributed by atoms with E-state index in [1.54, 1.807) is 6.08 Å². The smallest absolute Gasteiger partial charge is 0.330 e. The van der Waals surface area contributed by atoms with Crippen LogP contribution >= 0.6 is 0 Å². The molecule has 0 amide bonds. The number of rotatable bonds is 16. The van der Waals surface area contributed by atoms with Gasteiger partial charge in [-0.2, -0.15) is 0 Å². The number of unbranched alkanes of at least 4 members (excludes halogenated alkanes) is 10. The Morgan fingerprint density at radius 2 is 1.33 bits per heavy atom. The molecular weight excluding hydrogens is 332 g/mol. The zero-order valence-electron chi connectivity index (χ0n) is 17.6. The van der Waals surface area contributed by atoms with Gasteiger partial charge in [0, 0.05) is 6.08 Å². The molecule has 0 saturated carbocycles. The molecule has 1 rings (SSSR count). The summed E-state index contributed by atoms with van der Waals surface area (Å²) in [6.07, 6.45) is 19.2. The lowest BCUT2D eigenvalue weighted by atomic mass is 10.0. The molecular formula is C25H40O2. The van der Waals surface area contributed by atoms with Crippen LogP contribution in [-0.2, 0) is 9.53 Å². The molecule has 2 heteroatoms. The standard InChI is InChI=1S/C25H40O2/c1-23(2)17-13-10-8-6-4-3-5-7-9-11-16-22-27-25(26)21-20-24-18-14-12-15-19-24/h12,14-15,18-21,23H,3-11,13,16-17,22H2,1-2H3. The summed E-state index contributed by atoms with van der Waals surface area (Å²) in [4.78, 5) is 11.6. The van der Waals surface area contributed by atoms with Crippen LogP contribution in [0.5, 0.6) is 0 Å². The van der Waals surface area contributed by atoms with Gasteiger partial charge in [-0.1, -0.05) is 115 Å². The first-order valence-electron chi connectivity index (χ1n) is 11.1. The monoisotopic (exact) mass is 372 g/mol. The summed E-state index contributed by atoms with van der Waals surface area (Å²) in [7, 11) is 0. The van der Waals surface area contributed by atoms with Crippen LogP contribution in [0.4, 0.5) is 0 Å². The Bertz CT molecular complexity index is 490. The second kappa shape index (κ2) is 16.6. The molecule has 0 atom stereocenters. The third kappa shape index (κ3) is 15.2. The molecule has 1 aromatic rings. The number of hydrogen-bond donors (Lipinski definition) is 0. The maximum Gasteiger partial charge on any atom is 0.330 e. The predicted molar refractivity (Wildman–Crippen MR) is 117 cm³/mol. The van der Waals surface area contributed by atoms with Gasteiger partial charge in [-0.05, 0) is 24.0 Å². The zero-order chi connectivity index (χ0) is 19.6. The lowest BCUT2D eigenvalue weighted by Gasteiger charge is -2.05. The van der Waals surface area contributed by atoms with E-state index in [0.717, 1.165) is 24.3 Å². The number of hydrogen-bond acceptors (Lipinski definition) is 2. The van der Waals surface area contributed by atoms with Crippen LogP contribution < -0.4 is 0 Å². The number of carbonyl (C=O) groups excluding carboxylic acids is 1. The van der Waals surface area contributed by atoms with Crippen molar-refractivity contribution < 1.29 is 9.53 Å². The average molecular weight is 373 g/mol. The van der Waals surface area contributed by atoms with Crippen molar-refractivity contribution in [2.75, 3.05) is 6.61 Å². The summed E-state index contributed by atoms with van der Waals surface area (Å²) in [5.41, 5.74) is 1.02. The maximum atomic E-state index is 11.6. The maximum absolute atomic E-state index is 11.6. The van der Waals surface area contributed by atoms with Crippen LogP contribution in [0.25, 0.3) is 6.08 Å². The van der Waals surface area contributed by atoms with E-state index in [-0.39, 0.29) is 5.97 Å². The van der Waals surface area contributed by atoms with Gasteiger partial charge in [0.2, 0.25) is 0 Å². The van der Waals surface area contributed by atoms with Crippen molar-refractivity contribution in [3.63, 3.8) is 0 Å². The fraction of sp³-hybridized carbons (Fsp3) is 0.640. The van der Waals surface area contributed by atoms with E-state index in [0.29, 0.717) is 6.61 Å². The molecule has 0 N–H and O–H groups in total. The molecule has 0 aromatic heterocycles. The van der Waals surface area contributed by atoms with E-state index < -0.39 is 0 Å². The Hall–Kier alpha value is -1.57. The van der Waals surface area contributed by atoms with Gasteiger partial charge in [0.25, 0.3) is 0 Å². The average Bonchev–Trinajstić information content (AvgIpc) is 2.67. The molecule has 2 nitrogen and oxygen atoms in total. The van der Waals surface area contributed by atoms with Crippen molar-refractivity contribution in [2.45, 2.75) is 90.9 Å². The molecule has 152 valence electrons. The molecule has 0 unspecified atom stereocenters. The molecule has 0 saturated heterocycles. The minimum Gasteiger partial charge on any atom is -0.463 e. The summed E-state index contributed by atoms with van der Waals surface area (Å²) in [6, 6.07) is 9.82. The molecule has 0 bridgehead atoms. The van der Waals surface area contributed by atoms with Crippen LogP contribution in [0.1, 0.15) is 96.5 Å². The molecule has 0 fully saturated rings. The molecule has 0 heterocycles. The minimum absolute atomic E-state index is 0.243. The van der Waals surface area contributed by atoms with Crippen molar-refractivity contribution in [2.24, 2.45) is 5.92 Å². The first-order chi connectivity index (χ1) is 13.2. The molecule has 1 aromatic carbocycles. The summed E-state index contributed by atoms with van der Waals surface area (Å²) >= 11 is 0. The molecule has 0 spiro atoms. The predicted octanol–water partition coefficient (Wildman–Crippen LogP) is 7.58. The molecule has 0 aliphatic heterocycles. The highest BCUT2D eigenvalue weighted by Crippen LogP contribution is 2.13. The zero-order valence-corrected chi connectivity index (χ0v) is 17.6. The van der Waals surface area contributed by atoms with Crippen LogP contribution in [-0.4, -0.2) is 12.6 Å². The Balaban J connectivity index is 1.82. The van der Waals surface area contributed by atoms with Crippen molar-refractivity contribution in [3.8, 4) is 0 Å². The van der Waals surface area contributed by atoms with Gasteiger partial charge in [0.1, 0.15) is 0 Å². The van der Waals surface area contributed by atoms with Crippen LogP contribution in [0.15, 0.2) is 36.4 Å². The van der Waals surface area contributed by atoms with Crippen molar-refractivity contribution in [1.29, 1.82) is 0 Å². The number of ether oxygens (including phenoxy) is 1. The molecule has 0 radical (unpaired) electrons. The second-order valence-corrected chi connectivity index (χ2v) is 7.98. The fourth-order valence-corrected chi connectivity index (χ4v) is 3.19. The van der Waals surface area contributed by atoms with E-state index in [1.165, 1.54) is 70.3 Å². The molecule has 0 aliphatic carbocycles. The third-order valence-electron chi connectivity index (χ3n) is 4.88. The van der Waals surface area contributed by atoms with E-state index in [9.17, 15) is 4.79 Å². The van der Waals surface area contributed by atoms with Gasteiger partial charge >= 0.3 is 5.97 Å². The van der Waals surface area contributed by atoms with Gasteiger partial charge in [-0.3, -0.25) is 0 Å². The largest absolute Gasteiger partial charge is 0.463 e. The van der Waals surface area contributed by atoms with E-state index in [4.69, 9.17) is 4.74 Å². The summed E-state index contributed by atoms with van der Waals surface area (Å²) < 4.78 is 5.24. The van der Waals surface area contributed by atoms with E-state index >= 15 is 0 Å². The summed E-state index contributed by atoms with van der Waals surface area (Å²) in [5, 5.41) is 0. The van der Waals surface area contributed by atoms with Gasteiger partial charge in [-0.15, -0.1) is 0 Å². The van der Waals surface area contributed by atoms with Gasteiger partial charge in [0.05, 0.1) is 6.61 Å². The number of esters is 1. The molecule has 0 aliphatic rings. The van der Waals surface area contributed by atoms with Gasteiger partial charge < -0.3 is 4.74 Å². The summed E-state index contributed by atoms with van der Waals surface area (Å²) in [6.45, 7) is 5.16. The first kappa shape index (κ1) is 23.5. The second-order valence-electron chi connectivity index (χ2n) is 7.98. The SMILES string of the molecule is CC(C)CCCCCCCCCCCCCOC(=O)C=Cc1ccccc1. The van der Waals surface area contributed by atoms with Crippen molar-refractivity contribution in [1.82, 2.24) is 0 Å².